The molecule has 2 N–H and O–H groups in total. The van der Waals surface area contributed by atoms with Crippen molar-refractivity contribution in [1.82, 2.24) is 9.80 Å². The molecule has 1 aliphatic carbocycles. The van der Waals surface area contributed by atoms with E-state index < -0.39 is 5.54 Å². The number of nitrogens with two attached hydrogens (primary N) is 1. The molecule has 0 aromatic heterocycles. The lowest BCUT2D eigenvalue weighted by Gasteiger charge is -2.41. The fourth-order valence-electron chi connectivity index (χ4n) is 2.12. The fraction of sp³-hybridized carbons (Fsp3) is 0.923. The molecule has 0 unspecified atom stereocenters. The van der Waals surface area contributed by atoms with Gasteiger partial charge >= 0.3 is 0 Å². The van der Waals surface area contributed by atoms with E-state index in [4.69, 9.17) is 5.73 Å². The molecular formula is C13H27N3O. The van der Waals surface area contributed by atoms with Crippen molar-refractivity contribution in [3.05, 3.63) is 0 Å². The summed E-state index contributed by atoms with van der Waals surface area (Å²) in [6, 6.07) is 0. The molecule has 1 amide bonds. The van der Waals surface area contributed by atoms with Crippen LogP contribution in [0.5, 0.6) is 0 Å². The Morgan fingerprint density at radius 3 is 2.24 bits per heavy atom. The lowest BCUT2D eigenvalue weighted by molar-refractivity contribution is -0.140. The Morgan fingerprint density at radius 2 is 1.88 bits per heavy atom. The smallest absolute Gasteiger partial charge is 0.242 e. The van der Waals surface area contributed by atoms with Crippen molar-refractivity contribution < 1.29 is 4.79 Å². The summed E-state index contributed by atoms with van der Waals surface area (Å²) in [4.78, 5) is 16.4. The maximum atomic E-state index is 12.4. The Bertz CT molecular complexity index is 259. The molecule has 0 aromatic carbocycles. The molecule has 4 nitrogen and oxygen atoms in total. The summed E-state index contributed by atoms with van der Waals surface area (Å²) in [6.07, 6.45) is 2.79. The molecule has 0 bridgehead atoms. The van der Waals surface area contributed by atoms with E-state index in [2.05, 4.69) is 18.7 Å². The minimum absolute atomic E-state index is 0.152. The van der Waals surface area contributed by atoms with Crippen molar-refractivity contribution >= 4 is 5.91 Å². The van der Waals surface area contributed by atoms with Gasteiger partial charge in [-0.25, -0.2) is 0 Å². The van der Waals surface area contributed by atoms with Crippen molar-refractivity contribution in [3.63, 3.8) is 0 Å². The summed E-state index contributed by atoms with van der Waals surface area (Å²) in [5.41, 5.74) is 5.57. The van der Waals surface area contributed by atoms with Gasteiger partial charge in [0.15, 0.2) is 0 Å². The van der Waals surface area contributed by atoms with E-state index in [9.17, 15) is 4.79 Å². The van der Waals surface area contributed by atoms with Crippen LogP contribution in [0.15, 0.2) is 0 Å². The van der Waals surface area contributed by atoms with Gasteiger partial charge in [0.1, 0.15) is 0 Å². The highest BCUT2D eigenvalue weighted by atomic mass is 16.2. The molecule has 1 rings (SSSR count). The zero-order valence-corrected chi connectivity index (χ0v) is 11.7. The number of hydrogen-bond donors (Lipinski definition) is 1. The van der Waals surface area contributed by atoms with Crippen LogP contribution in [0.25, 0.3) is 0 Å². The van der Waals surface area contributed by atoms with Gasteiger partial charge in [-0.2, -0.15) is 0 Å². The average molecular weight is 241 g/mol. The maximum absolute atomic E-state index is 12.4. The normalized spacial score (nSPS) is 18.3. The molecule has 1 aliphatic rings. The van der Waals surface area contributed by atoms with Gasteiger partial charge < -0.3 is 15.5 Å². The zero-order chi connectivity index (χ0) is 13.1. The molecule has 0 aromatic rings. The second-order valence-electron chi connectivity index (χ2n) is 5.96. The molecule has 0 spiro atoms. The first-order chi connectivity index (χ1) is 7.85. The molecule has 1 fully saturated rings. The van der Waals surface area contributed by atoms with Crippen LogP contribution < -0.4 is 5.73 Å². The van der Waals surface area contributed by atoms with Crippen LogP contribution in [0.1, 0.15) is 33.1 Å². The summed E-state index contributed by atoms with van der Waals surface area (Å²) in [6.45, 7) is 6.77. The monoisotopic (exact) mass is 241 g/mol. The first-order valence-electron chi connectivity index (χ1n) is 6.58. The van der Waals surface area contributed by atoms with Gasteiger partial charge in [0, 0.05) is 19.6 Å². The molecule has 0 saturated heterocycles. The van der Waals surface area contributed by atoms with Crippen molar-refractivity contribution in [2.45, 2.75) is 38.6 Å². The topological polar surface area (TPSA) is 49.6 Å². The van der Waals surface area contributed by atoms with Crippen LogP contribution in [0, 0.1) is 5.92 Å². The predicted molar refractivity (Wildman–Crippen MR) is 70.7 cm³/mol. The Morgan fingerprint density at radius 1 is 1.29 bits per heavy atom. The van der Waals surface area contributed by atoms with Crippen molar-refractivity contribution in [1.29, 1.82) is 0 Å². The number of likely N-dealkylation sites (N-methyl/N-ethyl adjacent to an activating group) is 1. The summed E-state index contributed by atoms with van der Waals surface area (Å²) < 4.78 is 0. The highest BCUT2D eigenvalue weighted by molar-refractivity contribution is 5.87. The molecule has 0 radical (unpaired) electrons. The van der Waals surface area contributed by atoms with Crippen LogP contribution in [0.3, 0.4) is 0 Å². The summed E-state index contributed by atoms with van der Waals surface area (Å²) in [5.74, 6) is 0.643. The number of carbonyl (C=O) groups is 1. The van der Waals surface area contributed by atoms with E-state index in [1.54, 1.807) is 0 Å². The summed E-state index contributed by atoms with van der Waals surface area (Å²) in [5, 5.41) is 0. The largest absolute Gasteiger partial charge is 0.340 e. The third-order valence-electron chi connectivity index (χ3n) is 3.36. The number of amides is 1. The van der Waals surface area contributed by atoms with E-state index in [0.717, 1.165) is 38.9 Å². The van der Waals surface area contributed by atoms with Crippen LogP contribution in [-0.4, -0.2) is 55.0 Å². The van der Waals surface area contributed by atoms with E-state index in [1.165, 1.54) is 0 Å². The molecule has 4 heteroatoms. The fourth-order valence-corrected chi connectivity index (χ4v) is 2.12. The van der Waals surface area contributed by atoms with E-state index in [0.29, 0.717) is 5.92 Å². The standard InChI is InChI=1S/C13H27N3O/c1-11(2)10-16(9-8-15(3)4)12(17)13(14)6-5-7-13/h11H,5-10,14H2,1-4H3. The van der Waals surface area contributed by atoms with Gasteiger partial charge in [0.2, 0.25) is 5.91 Å². The van der Waals surface area contributed by atoms with Crippen LogP contribution in [-0.2, 0) is 4.79 Å². The molecule has 1 saturated carbocycles. The predicted octanol–water partition coefficient (Wildman–Crippen LogP) is 0.914. The SMILES string of the molecule is CC(C)CN(CCN(C)C)C(=O)C1(N)CCC1. The minimum Gasteiger partial charge on any atom is -0.340 e. The average Bonchev–Trinajstić information content (AvgIpc) is 2.19. The number of rotatable bonds is 6. The van der Waals surface area contributed by atoms with Crippen molar-refractivity contribution in [2.75, 3.05) is 33.7 Å². The number of nitrogens with zero attached hydrogens (tertiary/aromatic N) is 2. The van der Waals surface area contributed by atoms with E-state index in [-0.39, 0.29) is 5.91 Å². The first kappa shape index (κ1) is 14.5. The molecule has 0 aliphatic heterocycles. The van der Waals surface area contributed by atoms with Gasteiger partial charge in [-0.3, -0.25) is 4.79 Å². The number of hydrogen-bond acceptors (Lipinski definition) is 3. The van der Waals surface area contributed by atoms with Gasteiger partial charge in [-0.05, 0) is 39.3 Å². The molecule has 100 valence electrons. The second-order valence-corrected chi connectivity index (χ2v) is 5.96. The van der Waals surface area contributed by atoms with E-state index >= 15 is 0 Å². The highest BCUT2D eigenvalue weighted by Crippen LogP contribution is 2.31. The van der Waals surface area contributed by atoms with Crippen LogP contribution in [0.2, 0.25) is 0 Å². The maximum Gasteiger partial charge on any atom is 0.242 e. The van der Waals surface area contributed by atoms with Crippen LogP contribution in [0.4, 0.5) is 0 Å². The Labute approximate surface area is 105 Å². The van der Waals surface area contributed by atoms with Crippen molar-refractivity contribution in [2.24, 2.45) is 11.7 Å². The van der Waals surface area contributed by atoms with Gasteiger partial charge in [-0.1, -0.05) is 13.8 Å². The van der Waals surface area contributed by atoms with Crippen molar-refractivity contribution in [3.8, 4) is 0 Å². The van der Waals surface area contributed by atoms with Gasteiger partial charge in [0.25, 0.3) is 0 Å². The zero-order valence-electron chi connectivity index (χ0n) is 11.7. The lowest BCUT2D eigenvalue weighted by Crippen LogP contribution is -2.60. The molecular weight excluding hydrogens is 214 g/mol. The van der Waals surface area contributed by atoms with Crippen LogP contribution >= 0.6 is 0 Å². The first-order valence-corrected chi connectivity index (χ1v) is 6.58. The molecule has 17 heavy (non-hydrogen) atoms. The van der Waals surface area contributed by atoms with E-state index in [1.807, 2.05) is 19.0 Å². The number of carbonyl (C=O) groups excluding carboxylic acids is 1. The Balaban J connectivity index is 2.58. The van der Waals surface area contributed by atoms with Gasteiger partial charge in [-0.15, -0.1) is 0 Å². The van der Waals surface area contributed by atoms with Gasteiger partial charge in [0.05, 0.1) is 5.54 Å². The lowest BCUT2D eigenvalue weighted by atomic mass is 9.76. The third kappa shape index (κ3) is 3.96. The highest BCUT2D eigenvalue weighted by Gasteiger charge is 2.42. The summed E-state index contributed by atoms with van der Waals surface area (Å²) in [7, 11) is 4.05. The minimum atomic E-state index is -0.554. The molecule has 0 atom stereocenters. The molecule has 0 heterocycles. The quantitative estimate of drug-likeness (QED) is 0.752. The second kappa shape index (κ2) is 5.83. The Kier molecular flexibility index (Phi) is 4.95. The Hall–Kier alpha value is -0.610. The summed E-state index contributed by atoms with van der Waals surface area (Å²) >= 11 is 0. The third-order valence-corrected chi connectivity index (χ3v) is 3.36.